The molecule has 0 atom stereocenters. The lowest BCUT2D eigenvalue weighted by atomic mass is 10.0. The number of halogens is 1. The highest BCUT2D eigenvalue weighted by atomic mass is 35.5. The number of benzene rings is 2. The average molecular weight is 430 g/mol. The first-order chi connectivity index (χ1) is 13.9. The Bertz CT molecular complexity index is 1040. The first-order valence-electron chi connectivity index (χ1n) is 8.89. The number of amides is 1. The Morgan fingerprint density at radius 3 is 2.55 bits per heavy atom. The molecule has 0 saturated heterocycles. The van der Waals surface area contributed by atoms with E-state index in [1.807, 2.05) is 19.9 Å². The highest BCUT2D eigenvalue weighted by molar-refractivity contribution is 7.99. The molecule has 1 aromatic heterocycles. The number of ketones is 1. The second-order valence-corrected chi connectivity index (χ2v) is 7.97. The molecule has 9 heteroatoms. The maximum absolute atomic E-state index is 12.8. The lowest BCUT2D eigenvalue weighted by molar-refractivity contribution is -0.113. The molecule has 7 nitrogen and oxygen atoms in total. The summed E-state index contributed by atoms with van der Waals surface area (Å²) in [7, 11) is 0. The number of hydrogen-bond donors (Lipinski definition) is 2. The van der Waals surface area contributed by atoms with Crippen molar-refractivity contribution in [3.8, 4) is 0 Å². The molecule has 1 amide bonds. The van der Waals surface area contributed by atoms with E-state index in [1.54, 1.807) is 42.5 Å². The van der Waals surface area contributed by atoms with Crippen molar-refractivity contribution in [3.63, 3.8) is 0 Å². The maximum Gasteiger partial charge on any atom is 0.234 e. The van der Waals surface area contributed by atoms with Gasteiger partial charge in [0.25, 0.3) is 0 Å². The summed E-state index contributed by atoms with van der Waals surface area (Å²) in [6.45, 7) is 3.92. The minimum atomic E-state index is -0.298. The third kappa shape index (κ3) is 4.96. The first kappa shape index (κ1) is 20.9. The summed E-state index contributed by atoms with van der Waals surface area (Å²) < 4.78 is 1.38. The molecule has 0 bridgehead atoms. The Hall–Kier alpha value is -2.84. The summed E-state index contributed by atoms with van der Waals surface area (Å²) in [5.41, 5.74) is 1.23. The van der Waals surface area contributed by atoms with Gasteiger partial charge in [-0.05, 0) is 18.2 Å². The van der Waals surface area contributed by atoms with Crippen molar-refractivity contribution in [1.82, 2.24) is 14.9 Å². The predicted octanol–water partition coefficient (Wildman–Crippen LogP) is 3.73. The standard InChI is InChI=1S/C20H20ClN5O2S/c1-12(2)19-24-25-20(26(19)22)29-11-17(27)23-16-9-8-14(21)10-15(16)18(28)13-6-4-3-5-7-13/h3-10,12H,11,22H2,1-2H3,(H,23,27). The number of hydrogen-bond acceptors (Lipinski definition) is 6. The van der Waals surface area contributed by atoms with E-state index in [-0.39, 0.29) is 23.4 Å². The zero-order valence-corrected chi connectivity index (χ0v) is 17.5. The van der Waals surface area contributed by atoms with Gasteiger partial charge in [0.15, 0.2) is 11.6 Å². The Kier molecular flexibility index (Phi) is 6.56. The van der Waals surface area contributed by atoms with E-state index < -0.39 is 0 Å². The number of rotatable bonds is 7. The highest BCUT2D eigenvalue weighted by Gasteiger charge is 2.18. The van der Waals surface area contributed by atoms with Crippen molar-refractivity contribution in [2.45, 2.75) is 24.9 Å². The molecule has 0 fully saturated rings. The number of aromatic nitrogens is 3. The molecule has 150 valence electrons. The van der Waals surface area contributed by atoms with Crippen molar-refractivity contribution in [1.29, 1.82) is 0 Å². The van der Waals surface area contributed by atoms with E-state index >= 15 is 0 Å². The molecule has 0 saturated carbocycles. The van der Waals surface area contributed by atoms with Crippen LogP contribution in [0.4, 0.5) is 5.69 Å². The van der Waals surface area contributed by atoms with Gasteiger partial charge < -0.3 is 11.2 Å². The summed E-state index contributed by atoms with van der Waals surface area (Å²) in [6.07, 6.45) is 0. The van der Waals surface area contributed by atoms with Gasteiger partial charge in [0.2, 0.25) is 11.1 Å². The Labute approximate surface area is 177 Å². The summed E-state index contributed by atoms with van der Waals surface area (Å²) in [4.78, 5) is 25.3. The van der Waals surface area contributed by atoms with Gasteiger partial charge in [0, 0.05) is 22.1 Å². The molecule has 0 radical (unpaired) electrons. The van der Waals surface area contributed by atoms with Gasteiger partial charge in [-0.15, -0.1) is 10.2 Å². The number of carbonyl (C=O) groups is 2. The molecule has 0 unspecified atom stereocenters. The quantitative estimate of drug-likeness (QED) is 0.337. The van der Waals surface area contributed by atoms with Crippen LogP contribution in [0.1, 0.15) is 41.5 Å². The molecule has 0 aliphatic rings. The Morgan fingerprint density at radius 2 is 1.90 bits per heavy atom. The van der Waals surface area contributed by atoms with Gasteiger partial charge >= 0.3 is 0 Å². The van der Waals surface area contributed by atoms with E-state index in [4.69, 9.17) is 17.4 Å². The molecule has 0 spiro atoms. The van der Waals surface area contributed by atoms with Gasteiger partial charge in [0.1, 0.15) is 0 Å². The first-order valence-corrected chi connectivity index (χ1v) is 10.3. The molecule has 1 heterocycles. The Balaban J connectivity index is 1.73. The summed E-state index contributed by atoms with van der Waals surface area (Å²) in [5, 5.41) is 11.7. The topological polar surface area (TPSA) is 103 Å². The van der Waals surface area contributed by atoms with Gasteiger partial charge in [-0.25, -0.2) is 4.68 Å². The molecule has 29 heavy (non-hydrogen) atoms. The number of carbonyl (C=O) groups excluding carboxylic acids is 2. The highest BCUT2D eigenvalue weighted by Crippen LogP contribution is 2.25. The van der Waals surface area contributed by atoms with Gasteiger partial charge in [0.05, 0.1) is 11.4 Å². The SMILES string of the molecule is CC(C)c1nnc(SCC(=O)Nc2ccc(Cl)cc2C(=O)c2ccccc2)n1N. The van der Waals surface area contributed by atoms with Crippen LogP contribution in [0.25, 0.3) is 0 Å². The number of nitrogens with one attached hydrogen (secondary N) is 1. The van der Waals surface area contributed by atoms with Crippen LogP contribution < -0.4 is 11.2 Å². The van der Waals surface area contributed by atoms with E-state index in [1.165, 1.54) is 16.4 Å². The average Bonchev–Trinajstić information content (AvgIpc) is 3.08. The molecule has 3 rings (SSSR count). The predicted molar refractivity (Wildman–Crippen MR) is 115 cm³/mol. The van der Waals surface area contributed by atoms with Crippen molar-refractivity contribution >= 4 is 40.7 Å². The van der Waals surface area contributed by atoms with Gasteiger partial charge in [-0.2, -0.15) is 0 Å². The minimum absolute atomic E-state index is 0.0645. The van der Waals surface area contributed by atoms with Gasteiger partial charge in [-0.1, -0.05) is 67.5 Å². The zero-order chi connectivity index (χ0) is 21.0. The van der Waals surface area contributed by atoms with Crippen LogP contribution in [0.5, 0.6) is 0 Å². The van der Waals surface area contributed by atoms with Gasteiger partial charge in [-0.3, -0.25) is 9.59 Å². The lowest BCUT2D eigenvalue weighted by Crippen LogP contribution is -2.19. The summed E-state index contributed by atoms with van der Waals surface area (Å²) in [5.74, 6) is 6.27. The van der Waals surface area contributed by atoms with Crippen LogP contribution >= 0.6 is 23.4 Å². The molecule has 3 aromatic rings. The number of anilines is 1. The lowest BCUT2D eigenvalue weighted by Gasteiger charge is -2.11. The van der Waals surface area contributed by atoms with Crippen LogP contribution in [0.15, 0.2) is 53.7 Å². The number of thioether (sulfide) groups is 1. The largest absolute Gasteiger partial charge is 0.336 e. The zero-order valence-electron chi connectivity index (χ0n) is 15.9. The van der Waals surface area contributed by atoms with Crippen molar-refractivity contribution in [3.05, 3.63) is 70.5 Å². The number of nitrogen functional groups attached to an aromatic ring is 1. The second kappa shape index (κ2) is 9.11. The van der Waals surface area contributed by atoms with E-state index in [0.29, 0.717) is 32.8 Å². The van der Waals surface area contributed by atoms with Crippen LogP contribution in [0.3, 0.4) is 0 Å². The minimum Gasteiger partial charge on any atom is -0.336 e. The van der Waals surface area contributed by atoms with Crippen LogP contribution in [0, 0.1) is 0 Å². The van der Waals surface area contributed by atoms with Crippen LogP contribution in [-0.4, -0.2) is 32.3 Å². The summed E-state index contributed by atoms with van der Waals surface area (Å²) in [6, 6.07) is 13.6. The van der Waals surface area contributed by atoms with Crippen molar-refractivity contribution in [2.24, 2.45) is 0 Å². The third-order valence-corrected chi connectivity index (χ3v) is 5.25. The fourth-order valence-electron chi connectivity index (χ4n) is 2.66. The fraction of sp³-hybridized carbons (Fsp3) is 0.200. The van der Waals surface area contributed by atoms with E-state index in [0.717, 1.165) is 0 Å². The summed E-state index contributed by atoms with van der Waals surface area (Å²) >= 11 is 7.24. The third-order valence-electron chi connectivity index (χ3n) is 4.08. The fourth-order valence-corrected chi connectivity index (χ4v) is 3.49. The Morgan fingerprint density at radius 1 is 1.17 bits per heavy atom. The van der Waals surface area contributed by atoms with Crippen molar-refractivity contribution < 1.29 is 9.59 Å². The van der Waals surface area contributed by atoms with Crippen molar-refractivity contribution in [2.75, 3.05) is 16.9 Å². The monoisotopic (exact) mass is 429 g/mol. The molecule has 3 N–H and O–H groups in total. The molecular formula is C20H20ClN5O2S. The number of nitrogens with two attached hydrogens (primary N) is 1. The van der Waals surface area contributed by atoms with Crippen LogP contribution in [0.2, 0.25) is 5.02 Å². The number of nitrogens with zero attached hydrogens (tertiary/aromatic N) is 3. The molecular weight excluding hydrogens is 410 g/mol. The maximum atomic E-state index is 12.8. The molecule has 0 aliphatic heterocycles. The molecule has 0 aliphatic carbocycles. The van der Waals surface area contributed by atoms with Crippen LogP contribution in [-0.2, 0) is 4.79 Å². The van der Waals surface area contributed by atoms with E-state index in [9.17, 15) is 9.59 Å². The van der Waals surface area contributed by atoms with E-state index in [2.05, 4.69) is 15.5 Å². The molecule has 2 aromatic carbocycles. The smallest absolute Gasteiger partial charge is 0.234 e. The second-order valence-electron chi connectivity index (χ2n) is 6.59. The normalized spacial score (nSPS) is 10.9.